The summed E-state index contributed by atoms with van der Waals surface area (Å²) in [4.78, 5) is 11.7. The van der Waals surface area contributed by atoms with E-state index in [9.17, 15) is 9.18 Å². The van der Waals surface area contributed by atoms with E-state index in [4.69, 9.17) is 0 Å². The van der Waals surface area contributed by atoms with Crippen LogP contribution in [-0.2, 0) is 17.8 Å². The van der Waals surface area contributed by atoms with Crippen molar-refractivity contribution in [3.63, 3.8) is 0 Å². The minimum atomic E-state index is -0.288. The molecule has 0 bridgehead atoms. The summed E-state index contributed by atoms with van der Waals surface area (Å²) in [5.74, 6) is -0.353. The van der Waals surface area contributed by atoms with Crippen molar-refractivity contribution in [2.45, 2.75) is 13.0 Å². The molecule has 0 fully saturated rings. The molecule has 0 saturated heterocycles. The lowest BCUT2D eigenvalue weighted by Gasteiger charge is -2.05. The van der Waals surface area contributed by atoms with Crippen molar-refractivity contribution in [1.82, 2.24) is 5.32 Å². The van der Waals surface area contributed by atoms with Gasteiger partial charge in [-0.25, -0.2) is 4.39 Å². The molecule has 1 N–H and O–H groups in total. The van der Waals surface area contributed by atoms with Gasteiger partial charge in [-0.2, -0.15) is 0 Å². The smallest absolute Gasteiger partial charge is 0.224 e. The van der Waals surface area contributed by atoms with Crippen LogP contribution in [0.2, 0.25) is 0 Å². The van der Waals surface area contributed by atoms with Crippen molar-refractivity contribution in [3.05, 3.63) is 71.5 Å². The van der Waals surface area contributed by atoms with Gasteiger partial charge in [0, 0.05) is 6.54 Å². The van der Waals surface area contributed by atoms with E-state index in [2.05, 4.69) is 5.32 Å². The molecule has 0 aliphatic rings. The SMILES string of the molecule is O=C(Cc1ccc(F)cc1)NCc1ccccc1. The van der Waals surface area contributed by atoms with Gasteiger partial charge in [0.15, 0.2) is 0 Å². The van der Waals surface area contributed by atoms with Crippen LogP contribution in [0.15, 0.2) is 54.6 Å². The summed E-state index contributed by atoms with van der Waals surface area (Å²) >= 11 is 0. The first-order valence-corrected chi connectivity index (χ1v) is 5.79. The summed E-state index contributed by atoms with van der Waals surface area (Å²) in [7, 11) is 0. The molecule has 0 radical (unpaired) electrons. The summed E-state index contributed by atoms with van der Waals surface area (Å²) in [6.07, 6.45) is 0.271. The van der Waals surface area contributed by atoms with E-state index in [1.54, 1.807) is 12.1 Å². The molecule has 3 heteroatoms. The van der Waals surface area contributed by atoms with Crippen LogP contribution in [0.5, 0.6) is 0 Å². The van der Waals surface area contributed by atoms with Gasteiger partial charge in [-0.15, -0.1) is 0 Å². The highest BCUT2D eigenvalue weighted by Crippen LogP contribution is 2.04. The lowest BCUT2D eigenvalue weighted by Crippen LogP contribution is -2.24. The van der Waals surface area contributed by atoms with Gasteiger partial charge < -0.3 is 5.32 Å². The summed E-state index contributed by atoms with van der Waals surface area (Å²) in [6.45, 7) is 0.515. The highest BCUT2D eigenvalue weighted by Gasteiger charge is 2.03. The molecule has 0 heterocycles. The summed E-state index contributed by atoms with van der Waals surface area (Å²) in [5, 5.41) is 2.83. The first-order chi connectivity index (χ1) is 8.74. The van der Waals surface area contributed by atoms with Gasteiger partial charge in [-0.3, -0.25) is 4.79 Å². The second-order valence-electron chi connectivity index (χ2n) is 4.07. The second kappa shape index (κ2) is 5.96. The Hall–Kier alpha value is -2.16. The molecular formula is C15H14FNO. The quantitative estimate of drug-likeness (QED) is 0.878. The minimum absolute atomic E-state index is 0.0644. The van der Waals surface area contributed by atoms with E-state index >= 15 is 0 Å². The number of nitrogens with one attached hydrogen (secondary N) is 1. The van der Waals surface area contributed by atoms with E-state index in [0.717, 1.165) is 11.1 Å². The van der Waals surface area contributed by atoms with E-state index in [0.29, 0.717) is 6.54 Å². The maximum Gasteiger partial charge on any atom is 0.224 e. The summed E-state index contributed by atoms with van der Waals surface area (Å²) in [6, 6.07) is 15.7. The zero-order valence-corrected chi connectivity index (χ0v) is 9.90. The number of halogens is 1. The number of carbonyl (C=O) groups excluding carboxylic acids is 1. The fraction of sp³-hybridized carbons (Fsp3) is 0.133. The van der Waals surface area contributed by atoms with Gasteiger partial charge >= 0.3 is 0 Å². The number of carbonyl (C=O) groups is 1. The molecule has 0 saturated carbocycles. The topological polar surface area (TPSA) is 29.1 Å². The number of hydrogen-bond donors (Lipinski definition) is 1. The maximum absolute atomic E-state index is 12.7. The first-order valence-electron chi connectivity index (χ1n) is 5.79. The number of hydrogen-bond acceptors (Lipinski definition) is 1. The van der Waals surface area contributed by atoms with Gasteiger partial charge in [0.25, 0.3) is 0 Å². The van der Waals surface area contributed by atoms with Gasteiger partial charge in [-0.1, -0.05) is 42.5 Å². The van der Waals surface area contributed by atoms with Crippen LogP contribution in [0.25, 0.3) is 0 Å². The summed E-state index contributed by atoms with van der Waals surface area (Å²) < 4.78 is 12.7. The highest BCUT2D eigenvalue weighted by atomic mass is 19.1. The predicted molar refractivity (Wildman–Crippen MR) is 68.4 cm³/mol. The average Bonchev–Trinajstić information content (AvgIpc) is 2.40. The molecule has 2 rings (SSSR count). The fourth-order valence-corrected chi connectivity index (χ4v) is 1.65. The monoisotopic (exact) mass is 243 g/mol. The van der Waals surface area contributed by atoms with Gasteiger partial charge in [-0.05, 0) is 23.3 Å². The predicted octanol–water partition coefficient (Wildman–Crippen LogP) is 2.68. The molecule has 2 aromatic rings. The maximum atomic E-state index is 12.7. The molecule has 2 nitrogen and oxygen atoms in total. The molecule has 18 heavy (non-hydrogen) atoms. The third-order valence-electron chi connectivity index (χ3n) is 2.61. The standard InChI is InChI=1S/C15H14FNO/c16-14-8-6-12(7-9-14)10-15(18)17-11-13-4-2-1-3-5-13/h1-9H,10-11H2,(H,17,18). The van der Waals surface area contributed by atoms with Crippen molar-refractivity contribution >= 4 is 5.91 Å². The van der Waals surface area contributed by atoms with Crippen molar-refractivity contribution in [1.29, 1.82) is 0 Å². The normalized spacial score (nSPS) is 10.1. The first kappa shape index (κ1) is 12.3. The lowest BCUT2D eigenvalue weighted by molar-refractivity contribution is -0.120. The van der Waals surface area contributed by atoms with Crippen LogP contribution in [0, 0.1) is 5.82 Å². The molecule has 0 atom stereocenters. The van der Waals surface area contributed by atoms with Crippen LogP contribution in [0.4, 0.5) is 4.39 Å². The van der Waals surface area contributed by atoms with Gasteiger partial charge in [0.05, 0.1) is 6.42 Å². The summed E-state index contributed by atoms with van der Waals surface area (Å²) in [5.41, 5.74) is 1.87. The Balaban J connectivity index is 1.84. The number of benzene rings is 2. The van der Waals surface area contributed by atoms with Crippen molar-refractivity contribution in [3.8, 4) is 0 Å². The van der Waals surface area contributed by atoms with E-state index in [-0.39, 0.29) is 18.1 Å². The fourth-order valence-electron chi connectivity index (χ4n) is 1.65. The minimum Gasteiger partial charge on any atom is -0.352 e. The van der Waals surface area contributed by atoms with Crippen LogP contribution in [0.1, 0.15) is 11.1 Å². The molecule has 92 valence electrons. The Labute approximate surface area is 105 Å². The van der Waals surface area contributed by atoms with Gasteiger partial charge in [0.1, 0.15) is 5.82 Å². The highest BCUT2D eigenvalue weighted by molar-refractivity contribution is 5.78. The third-order valence-corrected chi connectivity index (χ3v) is 2.61. The average molecular weight is 243 g/mol. The molecule has 0 aliphatic heterocycles. The Kier molecular flexibility index (Phi) is 4.07. The number of rotatable bonds is 4. The molecule has 1 amide bonds. The zero-order valence-electron chi connectivity index (χ0n) is 9.90. The Bertz CT molecular complexity index is 508. The van der Waals surface area contributed by atoms with E-state index in [1.807, 2.05) is 30.3 Å². The zero-order chi connectivity index (χ0) is 12.8. The molecule has 2 aromatic carbocycles. The van der Waals surface area contributed by atoms with Crippen molar-refractivity contribution in [2.24, 2.45) is 0 Å². The molecule has 0 aliphatic carbocycles. The van der Waals surface area contributed by atoms with Crippen LogP contribution in [0.3, 0.4) is 0 Å². The van der Waals surface area contributed by atoms with Crippen molar-refractivity contribution in [2.75, 3.05) is 0 Å². The van der Waals surface area contributed by atoms with Crippen LogP contribution >= 0.6 is 0 Å². The van der Waals surface area contributed by atoms with E-state index < -0.39 is 0 Å². The van der Waals surface area contributed by atoms with Crippen LogP contribution in [-0.4, -0.2) is 5.91 Å². The number of amides is 1. The van der Waals surface area contributed by atoms with Crippen LogP contribution < -0.4 is 5.32 Å². The third kappa shape index (κ3) is 3.70. The lowest BCUT2D eigenvalue weighted by atomic mass is 10.1. The Morgan fingerprint density at radius 1 is 0.944 bits per heavy atom. The largest absolute Gasteiger partial charge is 0.352 e. The molecular weight excluding hydrogens is 229 g/mol. The Morgan fingerprint density at radius 2 is 1.61 bits per heavy atom. The molecule has 0 unspecified atom stereocenters. The van der Waals surface area contributed by atoms with E-state index in [1.165, 1.54) is 12.1 Å². The van der Waals surface area contributed by atoms with Gasteiger partial charge in [0.2, 0.25) is 5.91 Å². The Morgan fingerprint density at radius 3 is 2.28 bits per heavy atom. The van der Waals surface area contributed by atoms with Crippen molar-refractivity contribution < 1.29 is 9.18 Å². The second-order valence-corrected chi connectivity index (χ2v) is 4.07. The molecule has 0 aromatic heterocycles. The molecule has 0 spiro atoms.